The fraction of sp³-hybridized carbons (Fsp3) is 0.600. The van der Waals surface area contributed by atoms with Crippen LogP contribution in [0.2, 0.25) is 0 Å². The van der Waals surface area contributed by atoms with Gasteiger partial charge in [-0.25, -0.2) is 4.79 Å². The molecule has 0 aliphatic rings. The Morgan fingerprint density at radius 2 is 1.13 bits per heavy atom. The van der Waals surface area contributed by atoms with Gasteiger partial charge in [-0.05, 0) is 75.0 Å². The number of aliphatic carboxylic acids is 2. The number of aliphatic hydroxyl groups excluding tert-OH is 2. The number of H-pyrrole nitrogens is 1. The largest absolute Gasteiger partial charge is 0.481 e. The van der Waals surface area contributed by atoms with Crippen molar-refractivity contribution < 1.29 is 58.8 Å². The van der Waals surface area contributed by atoms with Crippen LogP contribution in [0.25, 0.3) is 10.9 Å². The number of carboxylic acids is 2. The van der Waals surface area contributed by atoms with Crippen molar-refractivity contribution in [2.45, 2.75) is 128 Å². The topological polar surface area (TPSA) is 331 Å². The zero-order chi connectivity index (χ0) is 46.1. The van der Waals surface area contributed by atoms with E-state index < -0.39 is 108 Å². The van der Waals surface area contributed by atoms with E-state index in [2.05, 4.69) is 36.9 Å². The molecule has 0 spiro atoms. The Hall–Kier alpha value is -5.25. The number of carboxylic acid groups (broad SMARTS) is 2. The first kappa shape index (κ1) is 51.9. The van der Waals surface area contributed by atoms with Gasteiger partial charge in [0, 0.05) is 17.1 Å². The highest BCUT2D eigenvalue weighted by Crippen LogP contribution is 2.19. The van der Waals surface area contributed by atoms with Crippen LogP contribution in [-0.2, 0) is 44.8 Å². The number of hydrogen-bond donors (Lipinski definition) is 12. The molecule has 61 heavy (non-hydrogen) atoms. The maximum Gasteiger partial charge on any atom is 0.326 e. The van der Waals surface area contributed by atoms with E-state index in [1.165, 1.54) is 11.8 Å². The molecule has 2 rings (SSSR count). The number of carbonyl (C=O) groups is 8. The summed E-state index contributed by atoms with van der Waals surface area (Å²) < 4.78 is 0. The van der Waals surface area contributed by atoms with E-state index in [0.29, 0.717) is 5.75 Å². The highest BCUT2D eigenvalue weighted by atomic mass is 32.2. The number of aliphatic hydroxyl groups is 2. The average Bonchev–Trinajstić information content (AvgIpc) is 3.57. The van der Waals surface area contributed by atoms with Gasteiger partial charge in [0.15, 0.2) is 0 Å². The summed E-state index contributed by atoms with van der Waals surface area (Å²) in [6.07, 6.45) is -0.410. The van der Waals surface area contributed by atoms with Crippen LogP contribution < -0.4 is 37.6 Å². The number of benzene rings is 1. The van der Waals surface area contributed by atoms with Crippen LogP contribution >= 0.6 is 11.8 Å². The molecule has 20 nitrogen and oxygen atoms in total. The number of rotatable bonds is 26. The fourth-order valence-corrected chi connectivity index (χ4v) is 6.78. The van der Waals surface area contributed by atoms with Crippen molar-refractivity contribution in [2.75, 3.05) is 12.0 Å². The first-order valence-corrected chi connectivity index (χ1v) is 21.4. The van der Waals surface area contributed by atoms with Crippen molar-refractivity contribution in [1.29, 1.82) is 0 Å². The molecule has 2 aromatic rings. The first-order chi connectivity index (χ1) is 28.5. The van der Waals surface area contributed by atoms with Crippen LogP contribution in [0.4, 0.5) is 0 Å². The minimum Gasteiger partial charge on any atom is -0.481 e. The van der Waals surface area contributed by atoms with Crippen LogP contribution in [0.15, 0.2) is 30.5 Å². The standard InChI is InChI=1S/C40H62N8O12S/c1-19(2)14-28(36(55)46-30(40(59)60)15-20(3)4)44-38(57)33(22(6)50)48-37(56)29(17-31(51)52)45-39(58)32(21(5)49)47-35(54)27(12-13-61-7)43-34(53)25(41)16-23-18-42-26-11-9-8-10-24(23)26/h8-11,18-22,25,27-30,32-33,42,49-50H,12-17,41H2,1-7H3,(H,43,53)(H,44,57)(H,45,58)(H,46,55)(H,47,54)(H,48,56)(H,51,52)(H,59,60)/t21-,22-,25+,27+,28+,29+,30+,32+,33+/m1/s1. The van der Waals surface area contributed by atoms with Crippen LogP contribution in [0.3, 0.4) is 0 Å². The molecule has 0 saturated heterocycles. The number of nitrogens with two attached hydrogens (primary N) is 1. The van der Waals surface area contributed by atoms with Gasteiger partial charge in [-0.1, -0.05) is 45.9 Å². The molecule has 6 amide bonds. The SMILES string of the molecule is CSCC[C@H](NC(=O)[C@@H](N)Cc1c[nH]c2ccccc12)C(=O)N[C@H](C(=O)N[C@@H](CC(=O)O)C(=O)N[C@H](C(=O)N[C@@H](CC(C)C)C(=O)N[C@@H](CC(C)C)C(=O)O)[C@@H](C)O)[C@@H](C)O. The van der Waals surface area contributed by atoms with Crippen LogP contribution in [0.1, 0.15) is 72.8 Å². The normalized spacial score (nSPS) is 15.9. The van der Waals surface area contributed by atoms with E-state index in [4.69, 9.17) is 5.73 Å². The average molecular weight is 879 g/mol. The number of para-hydroxylation sites is 1. The Bertz CT molecular complexity index is 1840. The Kier molecular flexibility index (Phi) is 21.2. The smallest absolute Gasteiger partial charge is 0.326 e. The lowest BCUT2D eigenvalue weighted by Crippen LogP contribution is -2.63. The second-order valence-electron chi connectivity index (χ2n) is 15.8. The maximum atomic E-state index is 13.6. The van der Waals surface area contributed by atoms with Crippen LogP contribution in [0.5, 0.6) is 0 Å². The molecule has 21 heteroatoms. The summed E-state index contributed by atoms with van der Waals surface area (Å²) in [6.45, 7) is 9.31. The zero-order valence-electron chi connectivity index (χ0n) is 35.5. The zero-order valence-corrected chi connectivity index (χ0v) is 36.3. The van der Waals surface area contributed by atoms with Crippen LogP contribution in [-0.4, -0.2) is 139 Å². The molecule has 13 N–H and O–H groups in total. The lowest BCUT2D eigenvalue weighted by Gasteiger charge is -2.29. The van der Waals surface area contributed by atoms with Crippen molar-refractivity contribution in [3.8, 4) is 0 Å². The van der Waals surface area contributed by atoms with E-state index in [1.54, 1.807) is 40.1 Å². The number of fused-ring (bicyclic) bond motifs is 1. The van der Waals surface area contributed by atoms with Crippen molar-refractivity contribution in [1.82, 2.24) is 36.9 Å². The van der Waals surface area contributed by atoms with Crippen molar-refractivity contribution in [3.05, 3.63) is 36.0 Å². The second kappa shape index (κ2) is 24.9. The molecule has 9 atom stereocenters. The van der Waals surface area contributed by atoms with Gasteiger partial charge in [0.1, 0.15) is 36.3 Å². The molecule has 1 aromatic carbocycles. The lowest BCUT2D eigenvalue weighted by atomic mass is 10.00. The third kappa shape index (κ3) is 17.0. The lowest BCUT2D eigenvalue weighted by molar-refractivity contribution is -0.143. The number of aromatic amines is 1. The third-order valence-corrected chi connectivity index (χ3v) is 10.1. The second-order valence-corrected chi connectivity index (χ2v) is 16.8. The molecular weight excluding hydrogens is 817 g/mol. The quantitative estimate of drug-likeness (QED) is 0.0546. The number of carbonyl (C=O) groups excluding carboxylic acids is 6. The highest BCUT2D eigenvalue weighted by Gasteiger charge is 2.37. The summed E-state index contributed by atoms with van der Waals surface area (Å²) in [4.78, 5) is 107. The minimum absolute atomic E-state index is 0.0375. The molecule has 0 aliphatic heterocycles. The van der Waals surface area contributed by atoms with Crippen LogP contribution in [0, 0.1) is 11.8 Å². The van der Waals surface area contributed by atoms with Gasteiger partial charge in [-0.15, -0.1) is 0 Å². The predicted octanol–water partition coefficient (Wildman–Crippen LogP) is -0.887. The van der Waals surface area contributed by atoms with E-state index in [1.807, 2.05) is 24.3 Å². The minimum atomic E-state index is -1.92. The van der Waals surface area contributed by atoms with Gasteiger partial charge in [-0.3, -0.25) is 33.6 Å². The van der Waals surface area contributed by atoms with Crippen molar-refractivity contribution >= 4 is 70.0 Å². The summed E-state index contributed by atoms with van der Waals surface area (Å²) >= 11 is 1.37. The highest BCUT2D eigenvalue weighted by molar-refractivity contribution is 7.98. The monoisotopic (exact) mass is 878 g/mol. The number of hydrogen-bond acceptors (Lipinski definition) is 12. The Balaban J connectivity index is 2.23. The van der Waals surface area contributed by atoms with E-state index in [-0.39, 0.29) is 37.5 Å². The van der Waals surface area contributed by atoms with Gasteiger partial charge >= 0.3 is 11.9 Å². The van der Waals surface area contributed by atoms with E-state index >= 15 is 0 Å². The Morgan fingerprint density at radius 3 is 1.64 bits per heavy atom. The molecule has 1 heterocycles. The van der Waals surface area contributed by atoms with Crippen molar-refractivity contribution in [2.24, 2.45) is 17.6 Å². The molecule has 0 fully saturated rings. The van der Waals surface area contributed by atoms with E-state index in [0.717, 1.165) is 30.3 Å². The molecule has 1 aromatic heterocycles. The maximum absolute atomic E-state index is 13.6. The summed E-state index contributed by atoms with van der Waals surface area (Å²) in [5, 5.41) is 55.4. The molecule has 0 saturated carbocycles. The molecule has 340 valence electrons. The van der Waals surface area contributed by atoms with Gasteiger partial charge in [0.25, 0.3) is 0 Å². The molecule has 0 bridgehead atoms. The third-order valence-electron chi connectivity index (χ3n) is 9.49. The van der Waals surface area contributed by atoms with E-state index in [9.17, 15) is 58.8 Å². The Labute approximate surface area is 358 Å². The van der Waals surface area contributed by atoms with Gasteiger partial charge in [-0.2, -0.15) is 11.8 Å². The van der Waals surface area contributed by atoms with Gasteiger partial charge < -0.3 is 63.0 Å². The summed E-state index contributed by atoms with van der Waals surface area (Å²) in [5.41, 5.74) is 7.86. The Morgan fingerprint density at radius 1 is 0.656 bits per heavy atom. The number of nitrogens with one attached hydrogen (secondary N) is 7. The molecule has 0 unspecified atom stereocenters. The fourth-order valence-electron chi connectivity index (χ4n) is 6.31. The molecular formula is C40H62N8O12S. The summed E-state index contributed by atoms with van der Waals surface area (Å²) in [5.74, 6) is -8.63. The summed E-state index contributed by atoms with van der Waals surface area (Å²) in [6, 6.07) is -2.92. The van der Waals surface area contributed by atoms with Gasteiger partial charge in [0.2, 0.25) is 35.4 Å². The first-order valence-electron chi connectivity index (χ1n) is 20.0. The molecule has 0 aliphatic carbocycles. The molecule has 0 radical (unpaired) electrons. The number of amides is 6. The van der Waals surface area contributed by atoms with Gasteiger partial charge in [0.05, 0.1) is 24.7 Å². The summed E-state index contributed by atoms with van der Waals surface area (Å²) in [7, 11) is 0. The van der Waals surface area contributed by atoms with Crippen molar-refractivity contribution in [3.63, 3.8) is 0 Å². The number of aromatic nitrogens is 1. The number of thioether (sulfide) groups is 1. The predicted molar refractivity (Wildman–Crippen MR) is 227 cm³/mol.